The van der Waals surface area contributed by atoms with Gasteiger partial charge < -0.3 is 10.1 Å². The van der Waals surface area contributed by atoms with Gasteiger partial charge in [0.1, 0.15) is 6.04 Å². The van der Waals surface area contributed by atoms with Crippen molar-refractivity contribution < 1.29 is 9.53 Å². The summed E-state index contributed by atoms with van der Waals surface area (Å²) < 4.78 is 5.26. The van der Waals surface area contributed by atoms with Crippen LogP contribution in [0.5, 0.6) is 0 Å². The molecule has 1 N–H and O–H groups in total. The molecule has 0 amide bonds. The second kappa shape index (κ2) is 5.32. The maximum Gasteiger partial charge on any atom is 0.323 e. The molecule has 0 saturated carbocycles. The number of nitrogens with one attached hydrogen (secondary N) is 1. The molecule has 17 heavy (non-hydrogen) atoms. The van der Waals surface area contributed by atoms with E-state index >= 15 is 0 Å². The SMILES string of the molecule is CC(C)COC(=O)[C@H]1Cc2ccccc2CN1. The number of hydrogen-bond donors (Lipinski definition) is 1. The second-order valence-electron chi connectivity index (χ2n) is 4.93. The van der Waals surface area contributed by atoms with Crippen molar-refractivity contribution in [1.29, 1.82) is 0 Å². The first-order chi connectivity index (χ1) is 8.16. The van der Waals surface area contributed by atoms with Crippen molar-refractivity contribution in [2.45, 2.75) is 32.9 Å². The summed E-state index contributed by atoms with van der Waals surface area (Å²) in [4.78, 5) is 11.8. The number of benzene rings is 1. The molecule has 3 nitrogen and oxygen atoms in total. The van der Waals surface area contributed by atoms with Crippen molar-refractivity contribution in [3.63, 3.8) is 0 Å². The zero-order chi connectivity index (χ0) is 12.3. The van der Waals surface area contributed by atoms with Crippen LogP contribution in [0.2, 0.25) is 0 Å². The Labute approximate surface area is 102 Å². The smallest absolute Gasteiger partial charge is 0.323 e. The quantitative estimate of drug-likeness (QED) is 0.810. The molecule has 0 saturated heterocycles. The van der Waals surface area contributed by atoms with Gasteiger partial charge in [0.2, 0.25) is 0 Å². The minimum Gasteiger partial charge on any atom is -0.464 e. The lowest BCUT2D eigenvalue weighted by Crippen LogP contribution is -2.43. The molecule has 0 aliphatic carbocycles. The fourth-order valence-electron chi connectivity index (χ4n) is 1.97. The summed E-state index contributed by atoms with van der Waals surface area (Å²) in [6.45, 7) is 5.32. The Balaban J connectivity index is 1.95. The summed E-state index contributed by atoms with van der Waals surface area (Å²) in [5.74, 6) is 0.253. The van der Waals surface area contributed by atoms with Crippen LogP contribution in [-0.2, 0) is 22.5 Å². The molecular weight excluding hydrogens is 214 g/mol. The van der Waals surface area contributed by atoms with Gasteiger partial charge in [-0.1, -0.05) is 38.1 Å². The first kappa shape index (κ1) is 12.1. The number of carbonyl (C=O) groups is 1. The third kappa shape index (κ3) is 3.07. The van der Waals surface area contributed by atoms with Gasteiger partial charge in [0.05, 0.1) is 6.61 Å². The zero-order valence-corrected chi connectivity index (χ0v) is 10.4. The van der Waals surface area contributed by atoms with E-state index in [0.717, 1.165) is 13.0 Å². The van der Waals surface area contributed by atoms with Crippen molar-refractivity contribution in [2.24, 2.45) is 5.92 Å². The molecule has 1 heterocycles. The third-order valence-electron chi connectivity index (χ3n) is 2.92. The van der Waals surface area contributed by atoms with Crippen molar-refractivity contribution in [1.82, 2.24) is 5.32 Å². The standard InChI is InChI=1S/C14H19NO2/c1-10(2)9-17-14(16)13-7-11-5-3-4-6-12(11)8-15-13/h3-6,10,13,15H,7-9H2,1-2H3/t13-/m1/s1. The van der Waals surface area contributed by atoms with Crippen LogP contribution in [0.3, 0.4) is 0 Å². The molecule has 0 unspecified atom stereocenters. The number of esters is 1. The lowest BCUT2D eigenvalue weighted by molar-refractivity contribution is -0.147. The van der Waals surface area contributed by atoms with E-state index in [1.807, 2.05) is 26.0 Å². The molecule has 1 aliphatic rings. The van der Waals surface area contributed by atoms with Crippen molar-refractivity contribution in [3.05, 3.63) is 35.4 Å². The molecule has 0 spiro atoms. The maximum absolute atomic E-state index is 11.8. The van der Waals surface area contributed by atoms with Crippen LogP contribution in [-0.4, -0.2) is 18.6 Å². The fraction of sp³-hybridized carbons (Fsp3) is 0.500. The monoisotopic (exact) mass is 233 g/mol. The van der Waals surface area contributed by atoms with E-state index in [-0.39, 0.29) is 12.0 Å². The van der Waals surface area contributed by atoms with Crippen LogP contribution in [0.1, 0.15) is 25.0 Å². The van der Waals surface area contributed by atoms with Crippen LogP contribution < -0.4 is 5.32 Å². The summed E-state index contributed by atoms with van der Waals surface area (Å²) in [5, 5.41) is 3.22. The first-order valence-electron chi connectivity index (χ1n) is 6.13. The van der Waals surface area contributed by atoms with Gasteiger partial charge in [-0.3, -0.25) is 4.79 Å². The molecule has 1 aromatic carbocycles. The first-order valence-corrected chi connectivity index (χ1v) is 6.13. The van der Waals surface area contributed by atoms with Gasteiger partial charge in [-0.2, -0.15) is 0 Å². The predicted molar refractivity (Wildman–Crippen MR) is 66.6 cm³/mol. The Hall–Kier alpha value is -1.35. The molecule has 92 valence electrons. The predicted octanol–water partition coefficient (Wildman–Crippen LogP) is 1.90. The summed E-state index contributed by atoms with van der Waals surface area (Å²) in [6.07, 6.45) is 0.729. The fourth-order valence-corrected chi connectivity index (χ4v) is 1.97. The van der Waals surface area contributed by atoms with Gasteiger partial charge in [0, 0.05) is 6.54 Å². The van der Waals surface area contributed by atoms with E-state index < -0.39 is 0 Å². The molecule has 1 aromatic rings. The Morgan fingerprint density at radius 1 is 1.41 bits per heavy atom. The molecule has 0 radical (unpaired) electrons. The second-order valence-corrected chi connectivity index (χ2v) is 4.93. The molecular formula is C14H19NO2. The average Bonchev–Trinajstić information content (AvgIpc) is 2.35. The van der Waals surface area contributed by atoms with Crippen LogP contribution in [0, 0.1) is 5.92 Å². The lowest BCUT2D eigenvalue weighted by atomic mass is 9.96. The van der Waals surface area contributed by atoms with Crippen molar-refractivity contribution >= 4 is 5.97 Å². The van der Waals surface area contributed by atoms with Gasteiger partial charge in [0.25, 0.3) is 0 Å². The highest BCUT2D eigenvalue weighted by molar-refractivity contribution is 5.76. The summed E-state index contributed by atoms with van der Waals surface area (Å²) in [5.41, 5.74) is 2.53. The molecule has 0 fully saturated rings. The number of fused-ring (bicyclic) bond motifs is 1. The topological polar surface area (TPSA) is 38.3 Å². The number of hydrogen-bond acceptors (Lipinski definition) is 3. The highest BCUT2D eigenvalue weighted by Crippen LogP contribution is 2.16. The van der Waals surface area contributed by atoms with Gasteiger partial charge in [-0.15, -0.1) is 0 Å². The Morgan fingerprint density at radius 2 is 2.12 bits per heavy atom. The van der Waals surface area contributed by atoms with Gasteiger partial charge in [-0.25, -0.2) is 0 Å². The van der Waals surface area contributed by atoms with E-state index in [4.69, 9.17) is 4.74 Å². The maximum atomic E-state index is 11.8. The van der Waals surface area contributed by atoms with E-state index in [1.54, 1.807) is 0 Å². The van der Waals surface area contributed by atoms with Crippen LogP contribution in [0.25, 0.3) is 0 Å². The minimum atomic E-state index is -0.191. The van der Waals surface area contributed by atoms with E-state index in [1.165, 1.54) is 11.1 Å². The molecule has 1 aliphatic heterocycles. The summed E-state index contributed by atoms with van der Waals surface area (Å²) >= 11 is 0. The average molecular weight is 233 g/mol. The van der Waals surface area contributed by atoms with E-state index in [9.17, 15) is 4.79 Å². The molecule has 1 atom stereocenters. The lowest BCUT2D eigenvalue weighted by Gasteiger charge is -2.24. The van der Waals surface area contributed by atoms with Gasteiger partial charge >= 0.3 is 5.97 Å². The normalized spacial score (nSPS) is 18.9. The largest absolute Gasteiger partial charge is 0.464 e. The summed E-state index contributed by atoms with van der Waals surface area (Å²) in [6, 6.07) is 8.03. The Kier molecular flexibility index (Phi) is 3.79. The number of carbonyl (C=O) groups excluding carboxylic acids is 1. The molecule has 0 aromatic heterocycles. The van der Waals surface area contributed by atoms with Gasteiger partial charge in [-0.05, 0) is 23.5 Å². The summed E-state index contributed by atoms with van der Waals surface area (Å²) in [7, 11) is 0. The highest BCUT2D eigenvalue weighted by atomic mass is 16.5. The third-order valence-corrected chi connectivity index (χ3v) is 2.92. The van der Waals surface area contributed by atoms with Gasteiger partial charge in [0.15, 0.2) is 0 Å². The van der Waals surface area contributed by atoms with Crippen LogP contribution >= 0.6 is 0 Å². The number of rotatable bonds is 3. The van der Waals surface area contributed by atoms with E-state index in [0.29, 0.717) is 12.5 Å². The number of ether oxygens (including phenoxy) is 1. The molecule has 2 rings (SSSR count). The van der Waals surface area contributed by atoms with Crippen LogP contribution in [0.4, 0.5) is 0 Å². The minimum absolute atomic E-state index is 0.131. The molecule has 3 heteroatoms. The van der Waals surface area contributed by atoms with Crippen molar-refractivity contribution in [2.75, 3.05) is 6.61 Å². The van der Waals surface area contributed by atoms with Crippen molar-refractivity contribution in [3.8, 4) is 0 Å². The molecule has 0 bridgehead atoms. The Morgan fingerprint density at radius 3 is 2.82 bits per heavy atom. The van der Waals surface area contributed by atoms with E-state index in [2.05, 4.69) is 17.4 Å². The Bertz CT molecular complexity index is 401. The zero-order valence-electron chi connectivity index (χ0n) is 10.4. The highest BCUT2D eigenvalue weighted by Gasteiger charge is 2.25. The van der Waals surface area contributed by atoms with Crippen LogP contribution in [0.15, 0.2) is 24.3 Å².